The fourth-order valence-electron chi connectivity index (χ4n) is 4.90. The molecule has 3 N–H and O–H groups in total. The molecule has 3 rings (SSSR count). The Morgan fingerprint density at radius 2 is 1.76 bits per heavy atom. The van der Waals surface area contributed by atoms with Gasteiger partial charge in [0.05, 0.1) is 5.57 Å². The highest BCUT2D eigenvalue weighted by Gasteiger charge is 2.47. The second-order valence-corrected chi connectivity index (χ2v) is 10.6. The van der Waals surface area contributed by atoms with Crippen molar-refractivity contribution < 1.29 is 37.7 Å². The van der Waals surface area contributed by atoms with Crippen molar-refractivity contribution in [3.8, 4) is 0 Å². The Labute approximate surface area is 214 Å². The van der Waals surface area contributed by atoms with E-state index in [1.807, 2.05) is 51.1 Å². The third-order valence-electron chi connectivity index (χ3n) is 6.53. The second-order valence-electron chi connectivity index (χ2n) is 10.6. The second kappa shape index (κ2) is 10.9. The molecule has 2 aromatic rings. The summed E-state index contributed by atoms with van der Waals surface area (Å²) in [6.45, 7) is 5.55. The summed E-state index contributed by atoms with van der Waals surface area (Å²) in [7, 11) is 0. The van der Waals surface area contributed by atoms with Gasteiger partial charge in [0.25, 0.3) is 0 Å². The van der Waals surface area contributed by atoms with Crippen molar-refractivity contribution in [1.82, 2.24) is 0 Å². The van der Waals surface area contributed by atoms with E-state index in [4.69, 9.17) is 9.84 Å². The minimum absolute atomic E-state index is 0.0256. The molecule has 200 valence electrons. The molecule has 0 spiro atoms. The Morgan fingerprint density at radius 1 is 1.08 bits per heavy atom. The Kier molecular flexibility index (Phi) is 8.25. The number of cyclic esters (lactones) is 1. The van der Waals surface area contributed by atoms with Crippen LogP contribution in [-0.4, -0.2) is 34.1 Å². The van der Waals surface area contributed by atoms with E-state index in [1.165, 1.54) is 0 Å². The molecule has 0 aliphatic carbocycles. The number of halogens is 3. The van der Waals surface area contributed by atoms with Gasteiger partial charge in [-0.05, 0) is 47.9 Å². The van der Waals surface area contributed by atoms with Gasteiger partial charge < -0.3 is 14.9 Å². The van der Waals surface area contributed by atoms with Crippen LogP contribution < -0.4 is 5.32 Å². The average Bonchev–Trinajstić information content (AvgIpc) is 2.78. The van der Waals surface area contributed by atoms with Gasteiger partial charge in [0.15, 0.2) is 0 Å². The Hall–Kier alpha value is -3.49. The normalized spacial score (nSPS) is 19.4. The number of ether oxygens (including phenoxy) is 1. The SMILES string of the molecule is CC(C)(C)C(C1=C(O)CC(CCc2ccccc2)(CCC(F)(F)F)OC1=O)c1cccc(NC(=O)O)c1. The molecule has 37 heavy (non-hydrogen) atoms. The number of nitrogens with one attached hydrogen (secondary N) is 1. The summed E-state index contributed by atoms with van der Waals surface area (Å²) < 4.78 is 45.4. The van der Waals surface area contributed by atoms with E-state index in [2.05, 4.69) is 5.32 Å². The van der Waals surface area contributed by atoms with Crippen molar-refractivity contribution in [3.63, 3.8) is 0 Å². The molecule has 1 aliphatic rings. The molecule has 6 nitrogen and oxygen atoms in total. The number of hydrogen-bond acceptors (Lipinski definition) is 4. The Bertz CT molecular complexity index is 1150. The topological polar surface area (TPSA) is 95.9 Å². The summed E-state index contributed by atoms with van der Waals surface area (Å²) in [6.07, 6.45) is -7.06. The number of carbonyl (C=O) groups is 2. The summed E-state index contributed by atoms with van der Waals surface area (Å²) in [5, 5.41) is 22.5. The third kappa shape index (κ3) is 7.50. The van der Waals surface area contributed by atoms with Crippen molar-refractivity contribution in [2.75, 3.05) is 5.32 Å². The van der Waals surface area contributed by atoms with Gasteiger partial charge >= 0.3 is 18.2 Å². The highest BCUT2D eigenvalue weighted by Crippen LogP contribution is 2.48. The van der Waals surface area contributed by atoms with Crippen LogP contribution >= 0.6 is 0 Å². The first-order valence-electron chi connectivity index (χ1n) is 12.1. The van der Waals surface area contributed by atoms with Gasteiger partial charge in [-0.2, -0.15) is 13.2 Å². The van der Waals surface area contributed by atoms with E-state index in [1.54, 1.807) is 24.3 Å². The van der Waals surface area contributed by atoms with Gasteiger partial charge in [0.2, 0.25) is 0 Å². The van der Waals surface area contributed by atoms with Crippen LogP contribution in [0.2, 0.25) is 0 Å². The lowest BCUT2D eigenvalue weighted by atomic mass is 9.70. The smallest absolute Gasteiger partial charge is 0.409 e. The molecule has 1 amide bonds. The quantitative estimate of drug-likeness (QED) is 0.316. The number of carbonyl (C=O) groups excluding carboxylic acids is 1. The molecule has 0 radical (unpaired) electrons. The minimum Gasteiger partial charge on any atom is -0.512 e. The van der Waals surface area contributed by atoms with E-state index in [-0.39, 0.29) is 29.9 Å². The van der Waals surface area contributed by atoms with Crippen LogP contribution in [0.3, 0.4) is 0 Å². The maximum absolute atomic E-state index is 13.4. The molecule has 0 aromatic heterocycles. The number of carboxylic acid groups (broad SMARTS) is 1. The van der Waals surface area contributed by atoms with E-state index in [0.717, 1.165) is 5.56 Å². The Balaban J connectivity index is 2.00. The number of aliphatic hydroxyl groups is 1. The summed E-state index contributed by atoms with van der Waals surface area (Å²) in [6, 6.07) is 15.6. The predicted molar refractivity (Wildman–Crippen MR) is 133 cm³/mol. The van der Waals surface area contributed by atoms with E-state index in [9.17, 15) is 27.9 Å². The summed E-state index contributed by atoms with van der Waals surface area (Å²) >= 11 is 0. The maximum Gasteiger partial charge on any atom is 0.409 e. The fraction of sp³-hybridized carbons (Fsp3) is 0.429. The number of benzene rings is 2. The third-order valence-corrected chi connectivity index (χ3v) is 6.53. The lowest BCUT2D eigenvalue weighted by molar-refractivity contribution is -0.174. The molecule has 1 aliphatic heterocycles. The van der Waals surface area contributed by atoms with Gasteiger partial charge in [-0.25, -0.2) is 9.59 Å². The number of esters is 1. The molecule has 2 unspecified atom stereocenters. The van der Waals surface area contributed by atoms with Gasteiger partial charge in [0.1, 0.15) is 11.4 Å². The lowest BCUT2D eigenvalue weighted by Gasteiger charge is -2.41. The molecule has 0 saturated carbocycles. The number of alkyl halides is 3. The first-order chi connectivity index (χ1) is 17.2. The minimum atomic E-state index is -4.45. The summed E-state index contributed by atoms with van der Waals surface area (Å²) in [5.74, 6) is -1.87. The molecule has 0 saturated heterocycles. The highest BCUT2D eigenvalue weighted by atomic mass is 19.4. The highest BCUT2D eigenvalue weighted by molar-refractivity contribution is 5.92. The first-order valence-corrected chi connectivity index (χ1v) is 12.1. The van der Waals surface area contributed by atoms with Crippen LogP contribution in [-0.2, 0) is 16.0 Å². The number of hydrogen-bond donors (Lipinski definition) is 3. The average molecular weight is 520 g/mol. The van der Waals surface area contributed by atoms with Gasteiger partial charge in [-0.1, -0.05) is 63.2 Å². The standard InChI is InChI=1S/C28H32F3NO5/c1-26(2,3)23(19-10-7-11-20(16-19)32-25(35)36)22-21(33)17-27(37-24(22)34,14-15-28(29,30)31)13-12-18-8-5-4-6-9-18/h4-11,16,23,32-33H,12-15,17H2,1-3H3,(H,35,36). The molecule has 0 bridgehead atoms. The first kappa shape index (κ1) is 28.1. The van der Waals surface area contributed by atoms with Gasteiger partial charge in [-0.3, -0.25) is 5.32 Å². The van der Waals surface area contributed by atoms with Crippen molar-refractivity contribution in [2.24, 2.45) is 5.41 Å². The van der Waals surface area contributed by atoms with E-state index < -0.39 is 48.0 Å². The number of aliphatic hydroxyl groups excluding tert-OH is 1. The maximum atomic E-state index is 13.4. The van der Waals surface area contributed by atoms with Crippen LogP contribution in [0.15, 0.2) is 65.9 Å². The van der Waals surface area contributed by atoms with Crippen LogP contribution in [0, 0.1) is 5.41 Å². The molecule has 0 fully saturated rings. The molecule has 2 atom stereocenters. The van der Waals surface area contributed by atoms with Crippen LogP contribution in [0.1, 0.15) is 63.5 Å². The van der Waals surface area contributed by atoms with E-state index in [0.29, 0.717) is 12.0 Å². The predicted octanol–water partition coefficient (Wildman–Crippen LogP) is 7.38. The van der Waals surface area contributed by atoms with Crippen LogP contribution in [0.4, 0.5) is 23.7 Å². The zero-order valence-corrected chi connectivity index (χ0v) is 21.1. The zero-order chi connectivity index (χ0) is 27.4. The van der Waals surface area contributed by atoms with Crippen molar-refractivity contribution >= 4 is 17.7 Å². The van der Waals surface area contributed by atoms with E-state index >= 15 is 0 Å². The largest absolute Gasteiger partial charge is 0.512 e. The van der Waals surface area contributed by atoms with Crippen LogP contribution in [0.5, 0.6) is 0 Å². The fourth-order valence-corrected chi connectivity index (χ4v) is 4.90. The molecule has 1 heterocycles. The van der Waals surface area contributed by atoms with Crippen molar-refractivity contribution in [2.45, 2.75) is 70.6 Å². The molecule has 2 aromatic carbocycles. The summed E-state index contributed by atoms with van der Waals surface area (Å²) in [5.41, 5.74) is -0.433. The number of rotatable bonds is 8. The number of aryl methyl sites for hydroxylation is 1. The monoisotopic (exact) mass is 519 g/mol. The van der Waals surface area contributed by atoms with Crippen molar-refractivity contribution in [1.29, 1.82) is 0 Å². The van der Waals surface area contributed by atoms with Gasteiger partial charge in [0, 0.05) is 24.4 Å². The molecular weight excluding hydrogens is 487 g/mol. The zero-order valence-electron chi connectivity index (χ0n) is 21.1. The van der Waals surface area contributed by atoms with Gasteiger partial charge in [-0.15, -0.1) is 0 Å². The number of amides is 1. The lowest BCUT2D eigenvalue weighted by Crippen LogP contribution is -2.43. The Morgan fingerprint density at radius 3 is 2.32 bits per heavy atom. The number of anilines is 1. The molecular formula is C28H32F3NO5. The van der Waals surface area contributed by atoms with Crippen molar-refractivity contribution in [3.05, 3.63) is 77.1 Å². The summed E-state index contributed by atoms with van der Waals surface area (Å²) in [4.78, 5) is 24.6. The van der Waals surface area contributed by atoms with Crippen LogP contribution in [0.25, 0.3) is 0 Å². The molecule has 9 heteroatoms.